The molecular formula is C17H11BrCl2FN3O. The highest BCUT2D eigenvalue weighted by atomic mass is 79.9. The Morgan fingerprint density at radius 2 is 2.04 bits per heavy atom. The van der Waals surface area contributed by atoms with Crippen LogP contribution in [0.4, 0.5) is 10.2 Å². The maximum atomic E-state index is 13.2. The van der Waals surface area contributed by atoms with Gasteiger partial charge in [0, 0.05) is 21.8 Å². The first kappa shape index (κ1) is 17.9. The molecule has 0 unspecified atom stereocenters. The number of amides is 1. The van der Waals surface area contributed by atoms with Crippen molar-refractivity contribution in [1.82, 2.24) is 9.78 Å². The van der Waals surface area contributed by atoms with E-state index in [0.717, 1.165) is 11.6 Å². The summed E-state index contributed by atoms with van der Waals surface area (Å²) < 4.78 is 15.5. The van der Waals surface area contributed by atoms with Crippen LogP contribution in [-0.4, -0.2) is 15.7 Å². The van der Waals surface area contributed by atoms with E-state index >= 15 is 0 Å². The lowest BCUT2D eigenvalue weighted by atomic mass is 10.2. The van der Waals surface area contributed by atoms with Crippen molar-refractivity contribution in [1.29, 1.82) is 0 Å². The Kier molecular flexibility index (Phi) is 5.42. The minimum atomic E-state index is -0.477. The second-order valence-electron chi connectivity index (χ2n) is 5.22. The molecule has 3 rings (SSSR count). The summed E-state index contributed by atoms with van der Waals surface area (Å²) in [6.45, 7) is 0.407. The normalized spacial score (nSPS) is 10.7. The average molecular weight is 443 g/mol. The molecular weight excluding hydrogens is 432 g/mol. The van der Waals surface area contributed by atoms with Crippen LogP contribution in [0.2, 0.25) is 10.0 Å². The van der Waals surface area contributed by atoms with Crippen molar-refractivity contribution in [3.63, 3.8) is 0 Å². The molecule has 0 atom stereocenters. The maximum absolute atomic E-state index is 13.2. The first-order valence-electron chi connectivity index (χ1n) is 7.16. The van der Waals surface area contributed by atoms with Gasteiger partial charge >= 0.3 is 0 Å². The summed E-state index contributed by atoms with van der Waals surface area (Å²) in [6, 6.07) is 10.6. The summed E-state index contributed by atoms with van der Waals surface area (Å²) >= 11 is 15.4. The Bertz CT molecular complexity index is 945. The van der Waals surface area contributed by atoms with Crippen LogP contribution in [0.5, 0.6) is 0 Å². The van der Waals surface area contributed by atoms with Crippen molar-refractivity contribution in [2.45, 2.75) is 6.54 Å². The Labute approximate surface area is 161 Å². The minimum Gasteiger partial charge on any atom is -0.304 e. The summed E-state index contributed by atoms with van der Waals surface area (Å²) in [5.41, 5.74) is 1.05. The molecule has 1 heterocycles. The summed E-state index contributed by atoms with van der Waals surface area (Å²) in [4.78, 5) is 12.2. The Morgan fingerprint density at radius 1 is 1.24 bits per heavy atom. The monoisotopic (exact) mass is 441 g/mol. The lowest BCUT2D eigenvalue weighted by Gasteiger charge is -2.05. The van der Waals surface area contributed by atoms with Gasteiger partial charge in [-0.2, -0.15) is 5.10 Å². The van der Waals surface area contributed by atoms with Gasteiger partial charge in [0.1, 0.15) is 5.82 Å². The van der Waals surface area contributed by atoms with Crippen molar-refractivity contribution in [2.24, 2.45) is 0 Å². The number of carbonyl (C=O) groups is 1. The number of hydrogen-bond acceptors (Lipinski definition) is 2. The fraction of sp³-hybridized carbons (Fsp3) is 0.0588. The number of anilines is 1. The first-order chi connectivity index (χ1) is 11.9. The van der Waals surface area contributed by atoms with Crippen molar-refractivity contribution in [2.75, 3.05) is 5.32 Å². The summed E-state index contributed by atoms with van der Waals surface area (Å²) in [5, 5.41) is 8.04. The smallest absolute Gasteiger partial charge is 0.256 e. The summed E-state index contributed by atoms with van der Waals surface area (Å²) in [7, 11) is 0. The fourth-order valence-electron chi connectivity index (χ4n) is 2.20. The Balaban J connectivity index is 1.77. The van der Waals surface area contributed by atoms with Crippen LogP contribution in [0.25, 0.3) is 0 Å². The van der Waals surface area contributed by atoms with Crippen LogP contribution in [-0.2, 0) is 6.54 Å². The van der Waals surface area contributed by atoms with E-state index in [4.69, 9.17) is 23.2 Å². The third-order valence-corrected chi connectivity index (χ3v) is 4.55. The molecule has 0 bridgehead atoms. The molecule has 0 aliphatic carbocycles. The number of benzene rings is 2. The topological polar surface area (TPSA) is 46.9 Å². The van der Waals surface area contributed by atoms with Crippen LogP contribution in [0.3, 0.4) is 0 Å². The standard InChI is InChI=1S/C17H11BrCl2FN3O/c18-14-9-24(8-11-4-5-12(19)7-15(11)20)23-16(14)22-17(25)10-2-1-3-13(21)6-10/h1-7,9H,8H2,(H,22,23,25). The van der Waals surface area contributed by atoms with Crippen molar-refractivity contribution in [3.8, 4) is 0 Å². The van der Waals surface area contributed by atoms with E-state index in [-0.39, 0.29) is 5.56 Å². The maximum Gasteiger partial charge on any atom is 0.256 e. The third kappa shape index (κ3) is 4.39. The van der Waals surface area contributed by atoms with Gasteiger partial charge in [0.05, 0.1) is 11.0 Å². The number of aromatic nitrogens is 2. The molecule has 8 heteroatoms. The van der Waals surface area contributed by atoms with Gasteiger partial charge < -0.3 is 5.32 Å². The quantitative estimate of drug-likeness (QED) is 0.588. The number of rotatable bonds is 4. The van der Waals surface area contributed by atoms with Crippen LogP contribution in [0, 0.1) is 5.82 Å². The molecule has 0 aliphatic heterocycles. The largest absolute Gasteiger partial charge is 0.304 e. The summed E-state index contributed by atoms with van der Waals surface area (Å²) in [6.07, 6.45) is 1.71. The Hall–Kier alpha value is -1.89. The molecule has 1 aromatic heterocycles. The van der Waals surface area contributed by atoms with E-state index in [1.807, 2.05) is 6.07 Å². The highest BCUT2D eigenvalue weighted by molar-refractivity contribution is 9.10. The second-order valence-corrected chi connectivity index (χ2v) is 6.92. The van der Waals surface area contributed by atoms with Crippen LogP contribution in [0.15, 0.2) is 53.1 Å². The second kappa shape index (κ2) is 7.56. The molecule has 3 aromatic rings. The van der Waals surface area contributed by atoms with Crippen molar-refractivity contribution < 1.29 is 9.18 Å². The van der Waals surface area contributed by atoms with Crippen molar-refractivity contribution in [3.05, 3.63) is 80.1 Å². The van der Waals surface area contributed by atoms with E-state index in [1.54, 1.807) is 23.0 Å². The molecule has 4 nitrogen and oxygen atoms in total. The number of nitrogens with one attached hydrogen (secondary N) is 1. The molecule has 0 aliphatic rings. The van der Waals surface area contributed by atoms with Gasteiger partial charge in [0.15, 0.2) is 5.82 Å². The average Bonchev–Trinajstić information content (AvgIpc) is 2.89. The van der Waals surface area contributed by atoms with Gasteiger partial charge in [-0.05, 0) is 51.8 Å². The molecule has 2 aromatic carbocycles. The van der Waals surface area contributed by atoms with Crippen LogP contribution >= 0.6 is 39.1 Å². The molecule has 25 heavy (non-hydrogen) atoms. The molecule has 0 saturated heterocycles. The first-order valence-corrected chi connectivity index (χ1v) is 8.71. The van der Waals surface area contributed by atoms with E-state index in [2.05, 4.69) is 26.3 Å². The van der Waals surface area contributed by atoms with Crippen LogP contribution in [0.1, 0.15) is 15.9 Å². The zero-order valence-corrected chi connectivity index (χ0v) is 15.7. The summed E-state index contributed by atoms with van der Waals surface area (Å²) in [5.74, 6) is -0.594. The number of halogens is 4. The number of hydrogen-bond donors (Lipinski definition) is 1. The minimum absolute atomic E-state index is 0.210. The highest BCUT2D eigenvalue weighted by Crippen LogP contribution is 2.25. The van der Waals surface area contributed by atoms with Gasteiger partial charge in [-0.25, -0.2) is 4.39 Å². The van der Waals surface area contributed by atoms with Crippen LogP contribution < -0.4 is 5.32 Å². The highest BCUT2D eigenvalue weighted by Gasteiger charge is 2.13. The van der Waals surface area contributed by atoms with E-state index in [0.29, 0.717) is 26.9 Å². The lowest BCUT2D eigenvalue weighted by Crippen LogP contribution is -2.13. The van der Waals surface area contributed by atoms with Gasteiger partial charge in [0.25, 0.3) is 5.91 Å². The van der Waals surface area contributed by atoms with Gasteiger partial charge in [-0.1, -0.05) is 35.3 Å². The predicted octanol–water partition coefficient (Wildman–Crippen LogP) is 5.39. The zero-order chi connectivity index (χ0) is 18.0. The predicted molar refractivity (Wildman–Crippen MR) is 99.8 cm³/mol. The van der Waals surface area contributed by atoms with E-state index in [9.17, 15) is 9.18 Å². The van der Waals surface area contributed by atoms with Gasteiger partial charge in [0.2, 0.25) is 0 Å². The van der Waals surface area contributed by atoms with E-state index in [1.165, 1.54) is 18.2 Å². The molecule has 0 spiro atoms. The van der Waals surface area contributed by atoms with Crippen molar-refractivity contribution >= 4 is 50.9 Å². The Morgan fingerprint density at radius 3 is 2.76 bits per heavy atom. The molecule has 0 fully saturated rings. The molecule has 1 amide bonds. The van der Waals surface area contributed by atoms with E-state index < -0.39 is 11.7 Å². The molecule has 0 saturated carbocycles. The third-order valence-electron chi connectivity index (χ3n) is 3.38. The molecule has 1 N–H and O–H groups in total. The lowest BCUT2D eigenvalue weighted by molar-refractivity contribution is 0.102. The zero-order valence-electron chi connectivity index (χ0n) is 12.6. The molecule has 128 valence electrons. The van der Waals surface area contributed by atoms with Gasteiger partial charge in [-0.15, -0.1) is 0 Å². The SMILES string of the molecule is O=C(Nc1nn(Cc2ccc(Cl)cc2Cl)cc1Br)c1cccc(F)c1. The number of nitrogens with zero attached hydrogens (tertiary/aromatic N) is 2. The molecule has 0 radical (unpaired) electrons. The van der Waals surface area contributed by atoms with Gasteiger partial charge in [-0.3, -0.25) is 9.48 Å². The number of carbonyl (C=O) groups excluding carboxylic acids is 1. The fourth-order valence-corrected chi connectivity index (χ4v) is 3.08.